The van der Waals surface area contributed by atoms with E-state index in [-0.39, 0.29) is 18.2 Å². The number of hydrogen-bond acceptors (Lipinski definition) is 3. The lowest BCUT2D eigenvalue weighted by molar-refractivity contribution is -0.120. The Morgan fingerprint density at radius 2 is 1.89 bits per heavy atom. The summed E-state index contributed by atoms with van der Waals surface area (Å²) in [6.45, 7) is 4.00. The minimum Gasteiger partial charge on any atom is -0.505 e. The van der Waals surface area contributed by atoms with Crippen LogP contribution >= 0.6 is 15.9 Å². The number of benzene rings is 2. The monoisotopic (exact) mass is 432 g/mol. The Hall–Kier alpha value is -2.67. The van der Waals surface area contributed by atoms with Crippen LogP contribution in [0.4, 0.5) is 4.39 Å². The first-order valence-electron chi connectivity index (χ1n) is 8.42. The maximum atomic E-state index is 14.0. The molecule has 2 N–H and O–H groups in total. The third kappa shape index (κ3) is 3.60. The molecule has 140 valence electrons. The first-order valence-corrected chi connectivity index (χ1v) is 9.22. The van der Waals surface area contributed by atoms with Gasteiger partial charge in [0.25, 0.3) is 5.91 Å². The van der Waals surface area contributed by atoms with Crippen LogP contribution in [-0.2, 0) is 11.2 Å². The highest BCUT2D eigenvalue weighted by Gasteiger charge is 2.23. The second kappa shape index (κ2) is 7.52. The van der Waals surface area contributed by atoms with Gasteiger partial charge in [-0.15, -0.1) is 0 Å². The molecule has 1 aromatic heterocycles. The molecule has 1 amide bonds. The van der Waals surface area contributed by atoms with E-state index in [1.54, 1.807) is 31.2 Å². The Morgan fingerprint density at radius 3 is 2.52 bits per heavy atom. The summed E-state index contributed by atoms with van der Waals surface area (Å²) in [4.78, 5) is 25.2. The number of amides is 1. The van der Waals surface area contributed by atoms with Crippen LogP contribution in [0.15, 0.2) is 40.9 Å². The van der Waals surface area contributed by atoms with Crippen LogP contribution in [0.1, 0.15) is 28.5 Å². The Morgan fingerprint density at radius 1 is 1.22 bits per heavy atom. The molecule has 0 saturated heterocycles. The number of likely N-dealkylation sites (N-methyl/N-ethyl adjacent to an activating group) is 1. The summed E-state index contributed by atoms with van der Waals surface area (Å²) < 4.78 is 16.2. The molecule has 0 bridgehead atoms. The van der Waals surface area contributed by atoms with E-state index in [9.17, 15) is 19.1 Å². The molecule has 0 aliphatic rings. The van der Waals surface area contributed by atoms with Gasteiger partial charge >= 0.3 is 0 Å². The molecule has 3 aromatic rings. The summed E-state index contributed by atoms with van der Waals surface area (Å²) in [7, 11) is 0. The summed E-state index contributed by atoms with van der Waals surface area (Å²) in [5.41, 5.74) is 1.86. The molecule has 0 saturated carbocycles. The van der Waals surface area contributed by atoms with E-state index in [0.717, 1.165) is 10.5 Å². The van der Waals surface area contributed by atoms with Gasteiger partial charge in [-0.1, -0.05) is 15.9 Å². The standard InChI is InChI=1S/C20H18BrFN2O3/c1-3-23-19(26)9-14-11(2)24(17-10-16(22)18(25)8-15(14)17)20(27)12-4-6-13(21)7-5-12/h4-8,10,25H,3,9H2,1-2H3,(H,23,26). The van der Waals surface area contributed by atoms with E-state index in [0.29, 0.717) is 34.3 Å². The van der Waals surface area contributed by atoms with Crippen molar-refractivity contribution in [3.8, 4) is 5.75 Å². The second-order valence-corrected chi connectivity index (χ2v) is 7.08. The molecule has 0 aliphatic heterocycles. The molecule has 7 heteroatoms. The van der Waals surface area contributed by atoms with Gasteiger partial charge in [0.1, 0.15) is 0 Å². The summed E-state index contributed by atoms with van der Waals surface area (Å²) in [6.07, 6.45) is 0.0296. The number of aromatic nitrogens is 1. The van der Waals surface area contributed by atoms with E-state index >= 15 is 0 Å². The van der Waals surface area contributed by atoms with Crippen molar-refractivity contribution in [2.24, 2.45) is 0 Å². The fraction of sp³-hybridized carbons (Fsp3) is 0.200. The molecule has 0 radical (unpaired) electrons. The van der Waals surface area contributed by atoms with Crippen LogP contribution in [-0.4, -0.2) is 28.0 Å². The van der Waals surface area contributed by atoms with Gasteiger partial charge in [0.15, 0.2) is 11.6 Å². The number of halogens is 2. The Bertz CT molecular complexity index is 1040. The van der Waals surface area contributed by atoms with Gasteiger partial charge in [-0.2, -0.15) is 0 Å². The van der Waals surface area contributed by atoms with Gasteiger partial charge in [-0.25, -0.2) is 4.39 Å². The van der Waals surface area contributed by atoms with Crippen molar-refractivity contribution in [3.05, 3.63) is 63.5 Å². The van der Waals surface area contributed by atoms with Crippen LogP contribution < -0.4 is 5.32 Å². The van der Waals surface area contributed by atoms with Gasteiger partial charge in [0.2, 0.25) is 5.91 Å². The number of hydrogen-bond donors (Lipinski definition) is 2. The molecule has 2 aromatic carbocycles. The topological polar surface area (TPSA) is 71.3 Å². The Kier molecular flexibility index (Phi) is 5.32. The number of aromatic hydroxyl groups is 1. The third-order valence-electron chi connectivity index (χ3n) is 4.41. The average Bonchev–Trinajstić information content (AvgIpc) is 2.87. The van der Waals surface area contributed by atoms with Gasteiger partial charge < -0.3 is 10.4 Å². The minimum atomic E-state index is -0.825. The number of nitrogens with zero attached hydrogens (tertiary/aromatic N) is 1. The van der Waals surface area contributed by atoms with Crippen molar-refractivity contribution in [2.75, 3.05) is 6.54 Å². The lowest BCUT2D eigenvalue weighted by atomic mass is 10.1. The van der Waals surface area contributed by atoms with E-state index in [4.69, 9.17) is 0 Å². The normalized spacial score (nSPS) is 11.0. The third-order valence-corrected chi connectivity index (χ3v) is 4.94. The zero-order valence-electron chi connectivity index (χ0n) is 14.8. The SMILES string of the molecule is CCNC(=O)Cc1c(C)n(C(=O)c2ccc(Br)cc2)c2cc(F)c(O)cc12. The molecular formula is C20H18BrFN2O3. The predicted octanol–water partition coefficient (Wildman–Crippen LogP) is 3.92. The Labute approximate surface area is 163 Å². The van der Waals surface area contributed by atoms with Crippen LogP contribution in [0, 0.1) is 12.7 Å². The van der Waals surface area contributed by atoms with Gasteiger partial charge in [0, 0.05) is 33.7 Å². The molecule has 27 heavy (non-hydrogen) atoms. The molecule has 5 nitrogen and oxygen atoms in total. The van der Waals surface area contributed by atoms with E-state index in [1.165, 1.54) is 10.6 Å². The number of fused-ring (bicyclic) bond motifs is 1. The first kappa shape index (κ1) is 19.1. The molecule has 3 rings (SSSR count). The number of carbonyl (C=O) groups excluding carboxylic acids is 2. The highest BCUT2D eigenvalue weighted by Crippen LogP contribution is 2.32. The van der Waals surface area contributed by atoms with Crippen molar-refractivity contribution >= 4 is 38.6 Å². The van der Waals surface area contributed by atoms with Crippen molar-refractivity contribution in [3.63, 3.8) is 0 Å². The highest BCUT2D eigenvalue weighted by atomic mass is 79.9. The van der Waals surface area contributed by atoms with Crippen LogP contribution in [0.25, 0.3) is 10.9 Å². The molecule has 1 heterocycles. The maximum absolute atomic E-state index is 14.0. The van der Waals surface area contributed by atoms with Gasteiger partial charge in [-0.3, -0.25) is 14.2 Å². The lowest BCUT2D eigenvalue weighted by Gasteiger charge is -2.08. The molecule has 0 atom stereocenters. The van der Waals surface area contributed by atoms with Gasteiger partial charge in [0.05, 0.1) is 11.9 Å². The van der Waals surface area contributed by atoms with Crippen LogP contribution in [0.5, 0.6) is 5.75 Å². The zero-order chi connectivity index (χ0) is 19.7. The van der Waals surface area contributed by atoms with Crippen LogP contribution in [0.3, 0.4) is 0 Å². The lowest BCUT2D eigenvalue weighted by Crippen LogP contribution is -2.24. The summed E-state index contributed by atoms with van der Waals surface area (Å²) in [5, 5.41) is 13.0. The zero-order valence-corrected chi connectivity index (χ0v) is 16.4. The van der Waals surface area contributed by atoms with Crippen molar-refractivity contribution in [1.82, 2.24) is 9.88 Å². The van der Waals surface area contributed by atoms with E-state index in [1.807, 2.05) is 6.92 Å². The molecule has 0 fully saturated rings. The van der Waals surface area contributed by atoms with E-state index in [2.05, 4.69) is 21.2 Å². The summed E-state index contributed by atoms with van der Waals surface area (Å²) in [6, 6.07) is 9.20. The number of rotatable bonds is 4. The van der Waals surface area contributed by atoms with E-state index < -0.39 is 11.6 Å². The smallest absolute Gasteiger partial charge is 0.262 e. The number of nitrogens with one attached hydrogen (secondary N) is 1. The summed E-state index contributed by atoms with van der Waals surface area (Å²) >= 11 is 3.33. The number of carbonyl (C=O) groups is 2. The van der Waals surface area contributed by atoms with Gasteiger partial charge in [-0.05, 0) is 49.7 Å². The molecule has 0 spiro atoms. The highest BCUT2D eigenvalue weighted by molar-refractivity contribution is 9.10. The maximum Gasteiger partial charge on any atom is 0.262 e. The number of phenolic OH excluding ortho intramolecular Hbond substituents is 1. The second-order valence-electron chi connectivity index (χ2n) is 6.16. The molecule has 0 aliphatic carbocycles. The predicted molar refractivity (Wildman–Crippen MR) is 105 cm³/mol. The minimum absolute atomic E-state index is 0.0296. The summed E-state index contributed by atoms with van der Waals surface area (Å²) in [5.74, 6) is -1.89. The van der Waals surface area contributed by atoms with Crippen molar-refractivity contribution in [1.29, 1.82) is 0 Å². The van der Waals surface area contributed by atoms with Crippen LogP contribution in [0.2, 0.25) is 0 Å². The first-order chi connectivity index (χ1) is 12.8. The van der Waals surface area contributed by atoms with Crippen molar-refractivity contribution in [2.45, 2.75) is 20.3 Å². The molecular weight excluding hydrogens is 415 g/mol. The number of phenols is 1. The fourth-order valence-electron chi connectivity index (χ4n) is 3.12. The average molecular weight is 433 g/mol. The fourth-order valence-corrected chi connectivity index (χ4v) is 3.38. The molecule has 0 unspecified atom stereocenters. The Balaban J connectivity index is 2.21. The largest absolute Gasteiger partial charge is 0.505 e. The quantitative estimate of drug-likeness (QED) is 0.655. The van der Waals surface area contributed by atoms with Crippen molar-refractivity contribution < 1.29 is 19.1 Å².